The second-order valence-electron chi connectivity index (χ2n) is 5.62. The maximum absolute atomic E-state index is 13.0. The molecule has 0 aliphatic carbocycles. The number of hydrogen-bond donors (Lipinski definition) is 2. The summed E-state index contributed by atoms with van der Waals surface area (Å²) in [5.74, 6) is -0.600. The van der Waals surface area contributed by atoms with Crippen LogP contribution in [0.4, 0.5) is 8.78 Å². The molecule has 2 rings (SSSR count). The number of carbonyl (C=O) groups excluding carboxylic acids is 1. The maximum Gasteiger partial charge on any atom is 0.237 e. The van der Waals surface area contributed by atoms with Gasteiger partial charge in [-0.1, -0.05) is 13.3 Å². The van der Waals surface area contributed by atoms with Crippen LogP contribution in [0.1, 0.15) is 31.7 Å². The molecule has 2 atom stereocenters. The lowest BCUT2D eigenvalue weighted by Crippen LogP contribution is -2.49. The molecule has 1 aromatic rings. The molecule has 1 fully saturated rings. The number of hydrogen-bond acceptors (Lipinski definition) is 2. The van der Waals surface area contributed by atoms with E-state index in [0.29, 0.717) is 24.4 Å². The lowest BCUT2D eigenvalue weighted by atomic mass is 9.90. The van der Waals surface area contributed by atoms with E-state index in [4.69, 9.17) is 0 Å². The fourth-order valence-corrected chi connectivity index (χ4v) is 2.78. The first-order valence-electron chi connectivity index (χ1n) is 7.54. The zero-order valence-electron chi connectivity index (χ0n) is 12.3. The Labute approximate surface area is 124 Å². The number of benzene rings is 1. The van der Waals surface area contributed by atoms with Gasteiger partial charge in [0.2, 0.25) is 5.91 Å². The third kappa shape index (κ3) is 4.77. The highest BCUT2D eigenvalue weighted by Gasteiger charge is 2.25. The van der Waals surface area contributed by atoms with Crippen molar-refractivity contribution in [2.24, 2.45) is 5.92 Å². The van der Waals surface area contributed by atoms with Crippen LogP contribution in [0.25, 0.3) is 0 Å². The van der Waals surface area contributed by atoms with Crippen LogP contribution in [-0.2, 0) is 11.2 Å². The number of nitrogens with one attached hydrogen (secondary N) is 2. The molecule has 0 saturated carbocycles. The van der Waals surface area contributed by atoms with Crippen molar-refractivity contribution < 1.29 is 13.6 Å². The molecule has 21 heavy (non-hydrogen) atoms. The highest BCUT2D eigenvalue weighted by molar-refractivity contribution is 5.81. The highest BCUT2D eigenvalue weighted by Crippen LogP contribution is 2.19. The summed E-state index contributed by atoms with van der Waals surface area (Å²) in [5.41, 5.74) is 0.552. The Hall–Kier alpha value is -1.49. The zero-order valence-corrected chi connectivity index (χ0v) is 12.3. The van der Waals surface area contributed by atoms with Gasteiger partial charge in [-0.3, -0.25) is 4.79 Å². The standard InChI is InChI=1S/C16H22F2N2O/c1-2-11-3-5-19-15(9-11)16(21)20-6-4-12-7-13(17)10-14(18)8-12/h7-8,10-11,15,19H,2-6,9H2,1H3,(H,20,21). The average Bonchev–Trinajstić information content (AvgIpc) is 2.46. The molecule has 0 radical (unpaired) electrons. The van der Waals surface area contributed by atoms with E-state index in [0.717, 1.165) is 31.9 Å². The molecule has 1 saturated heterocycles. The van der Waals surface area contributed by atoms with Crippen molar-refractivity contribution in [3.63, 3.8) is 0 Å². The molecule has 0 spiro atoms. The Morgan fingerprint density at radius 2 is 2.05 bits per heavy atom. The monoisotopic (exact) mass is 296 g/mol. The van der Waals surface area contributed by atoms with Crippen molar-refractivity contribution in [3.8, 4) is 0 Å². The largest absolute Gasteiger partial charge is 0.354 e. The topological polar surface area (TPSA) is 41.1 Å². The second kappa shape index (κ2) is 7.50. The first kappa shape index (κ1) is 15.9. The van der Waals surface area contributed by atoms with Gasteiger partial charge in [-0.05, 0) is 49.4 Å². The summed E-state index contributed by atoms with van der Waals surface area (Å²) in [6, 6.07) is 3.29. The van der Waals surface area contributed by atoms with E-state index in [9.17, 15) is 13.6 Å². The van der Waals surface area contributed by atoms with Gasteiger partial charge in [0, 0.05) is 12.6 Å². The van der Waals surface area contributed by atoms with Gasteiger partial charge in [-0.15, -0.1) is 0 Å². The molecule has 0 bridgehead atoms. The number of rotatable bonds is 5. The van der Waals surface area contributed by atoms with E-state index in [-0.39, 0.29) is 11.9 Å². The minimum atomic E-state index is -0.587. The molecule has 1 heterocycles. The van der Waals surface area contributed by atoms with Crippen LogP contribution >= 0.6 is 0 Å². The predicted molar refractivity (Wildman–Crippen MR) is 77.9 cm³/mol. The quantitative estimate of drug-likeness (QED) is 0.876. The normalized spacial score (nSPS) is 22.0. The van der Waals surface area contributed by atoms with Gasteiger partial charge < -0.3 is 10.6 Å². The van der Waals surface area contributed by atoms with E-state index in [1.165, 1.54) is 12.1 Å². The Morgan fingerprint density at radius 1 is 1.33 bits per heavy atom. The molecular weight excluding hydrogens is 274 g/mol. The lowest BCUT2D eigenvalue weighted by molar-refractivity contribution is -0.124. The van der Waals surface area contributed by atoms with E-state index in [2.05, 4.69) is 17.6 Å². The Bertz CT molecular complexity index is 473. The minimum absolute atomic E-state index is 0.0231. The molecule has 116 valence electrons. The molecular formula is C16H22F2N2O. The summed E-state index contributed by atoms with van der Waals surface area (Å²) in [6.07, 6.45) is 3.48. The van der Waals surface area contributed by atoms with E-state index < -0.39 is 11.6 Å². The smallest absolute Gasteiger partial charge is 0.237 e. The van der Waals surface area contributed by atoms with Crippen molar-refractivity contribution in [3.05, 3.63) is 35.4 Å². The molecule has 2 N–H and O–H groups in total. The summed E-state index contributed by atoms with van der Waals surface area (Å²) in [5, 5.41) is 6.06. The summed E-state index contributed by atoms with van der Waals surface area (Å²) in [6.45, 7) is 3.39. The summed E-state index contributed by atoms with van der Waals surface area (Å²) >= 11 is 0. The molecule has 1 aliphatic heterocycles. The molecule has 1 amide bonds. The number of halogens is 2. The number of carbonyl (C=O) groups is 1. The third-order valence-electron chi connectivity index (χ3n) is 4.04. The van der Waals surface area contributed by atoms with Crippen LogP contribution in [0, 0.1) is 17.6 Å². The van der Waals surface area contributed by atoms with Crippen molar-refractivity contribution >= 4 is 5.91 Å². The number of piperidine rings is 1. The Morgan fingerprint density at radius 3 is 2.71 bits per heavy atom. The SMILES string of the molecule is CCC1CCNC(C(=O)NCCc2cc(F)cc(F)c2)C1. The third-order valence-corrected chi connectivity index (χ3v) is 4.04. The van der Waals surface area contributed by atoms with Crippen LogP contribution in [0.3, 0.4) is 0 Å². The van der Waals surface area contributed by atoms with Crippen LogP contribution < -0.4 is 10.6 Å². The molecule has 1 aromatic carbocycles. The maximum atomic E-state index is 13.0. The van der Waals surface area contributed by atoms with E-state index in [1.807, 2.05) is 0 Å². The van der Waals surface area contributed by atoms with Gasteiger partial charge in [0.05, 0.1) is 6.04 Å². The van der Waals surface area contributed by atoms with Crippen molar-refractivity contribution in [2.45, 2.75) is 38.6 Å². The van der Waals surface area contributed by atoms with Gasteiger partial charge in [-0.2, -0.15) is 0 Å². The van der Waals surface area contributed by atoms with Crippen molar-refractivity contribution in [1.29, 1.82) is 0 Å². The first-order chi connectivity index (χ1) is 10.1. The predicted octanol–water partition coefficient (Wildman–Crippen LogP) is 2.40. The number of amides is 1. The van der Waals surface area contributed by atoms with Crippen molar-refractivity contribution in [2.75, 3.05) is 13.1 Å². The molecule has 5 heteroatoms. The fourth-order valence-electron chi connectivity index (χ4n) is 2.78. The fraction of sp³-hybridized carbons (Fsp3) is 0.562. The lowest BCUT2D eigenvalue weighted by Gasteiger charge is -2.28. The Balaban J connectivity index is 1.78. The summed E-state index contributed by atoms with van der Waals surface area (Å²) in [7, 11) is 0. The summed E-state index contributed by atoms with van der Waals surface area (Å²) in [4.78, 5) is 12.1. The average molecular weight is 296 g/mol. The second-order valence-corrected chi connectivity index (χ2v) is 5.62. The van der Waals surface area contributed by atoms with Crippen LogP contribution in [0.5, 0.6) is 0 Å². The van der Waals surface area contributed by atoms with Gasteiger partial charge in [0.1, 0.15) is 11.6 Å². The molecule has 1 aliphatic rings. The Kier molecular flexibility index (Phi) is 5.67. The van der Waals surface area contributed by atoms with Gasteiger partial charge in [-0.25, -0.2) is 8.78 Å². The first-order valence-corrected chi connectivity index (χ1v) is 7.54. The molecule has 2 unspecified atom stereocenters. The highest BCUT2D eigenvalue weighted by atomic mass is 19.1. The van der Waals surface area contributed by atoms with Crippen LogP contribution in [0.2, 0.25) is 0 Å². The van der Waals surface area contributed by atoms with E-state index >= 15 is 0 Å². The summed E-state index contributed by atoms with van der Waals surface area (Å²) < 4.78 is 26.1. The van der Waals surface area contributed by atoms with E-state index in [1.54, 1.807) is 0 Å². The minimum Gasteiger partial charge on any atom is -0.354 e. The molecule has 3 nitrogen and oxygen atoms in total. The van der Waals surface area contributed by atoms with Gasteiger partial charge in [0.25, 0.3) is 0 Å². The van der Waals surface area contributed by atoms with Gasteiger partial charge in [0.15, 0.2) is 0 Å². The zero-order chi connectivity index (χ0) is 15.2. The van der Waals surface area contributed by atoms with Crippen molar-refractivity contribution in [1.82, 2.24) is 10.6 Å². The van der Waals surface area contributed by atoms with Crippen LogP contribution in [0.15, 0.2) is 18.2 Å². The molecule has 0 aromatic heterocycles. The van der Waals surface area contributed by atoms with Gasteiger partial charge >= 0.3 is 0 Å². The van der Waals surface area contributed by atoms with Crippen LogP contribution in [-0.4, -0.2) is 25.0 Å².